The molecule has 3 aliphatic heterocycles. The quantitative estimate of drug-likeness (QED) is 0.340. The third kappa shape index (κ3) is 5.65. The molecule has 0 radical (unpaired) electrons. The Morgan fingerprint density at radius 1 is 1.24 bits per heavy atom. The maximum atomic E-state index is 13.5. The standard InChI is InChI=1S/C28H33N3O6S/c1-5-14-37-27(34)24-18(3)29-28-31(25(24)21-11-7-8-12-22(21)35-4)20(17-38-28)15-23(32)30-13-9-10-19(16-30)26(33)36-6-2/h5,7-8,11-12,17,19,25H,1,6,9-10,13-16H2,2-4H3/t19-,25+/m1/s1. The number of carbonyl (C=O) groups is 3. The highest BCUT2D eigenvalue weighted by Crippen LogP contribution is 2.47. The SMILES string of the molecule is C=CCOC(=O)C1=C(C)N=C2SC=C(CC(=O)N3CCC[C@@H](C(=O)OCC)C3)N2[C@H]1c1ccccc1OC. The molecule has 38 heavy (non-hydrogen) atoms. The molecule has 2 atom stereocenters. The van der Waals surface area contributed by atoms with Crippen LogP contribution < -0.4 is 4.74 Å². The van der Waals surface area contributed by atoms with Gasteiger partial charge in [-0.05, 0) is 38.2 Å². The number of benzene rings is 1. The van der Waals surface area contributed by atoms with Crippen molar-refractivity contribution in [3.8, 4) is 5.75 Å². The van der Waals surface area contributed by atoms with Crippen molar-refractivity contribution in [2.45, 2.75) is 39.2 Å². The second-order valence-corrected chi connectivity index (χ2v) is 9.97. The van der Waals surface area contributed by atoms with E-state index in [1.165, 1.54) is 17.8 Å². The summed E-state index contributed by atoms with van der Waals surface area (Å²) in [5.74, 6) is -0.558. The van der Waals surface area contributed by atoms with E-state index in [1.807, 2.05) is 34.6 Å². The van der Waals surface area contributed by atoms with Gasteiger partial charge in [0.1, 0.15) is 12.4 Å². The number of likely N-dealkylation sites (tertiary alicyclic amines) is 1. The van der Waals surface area contributed by atoms with Crippen LogP contribution in [0.15, 0.2) is 64.3 Å². The summed E-state index contributed by atoms with van der Waals surface area (Å²) in [6, 6.07) is 6.88. The second-order valence-electron chi connectivity index (χ2n) is 9.13. The van der Waals surface area contributed by atoms with Crippen molar-refractivity contribution in [3.63, 3.8) is 0 Å². The summed E-state index contributed by atoms with van der Waals surface area (Å²) >= 11 is 1.41. The molecular formula is C28H33N3O6S. The van der Waals surface area contributed by atoms with Crippen LogP contribution in [0, 0.1) is 5.92 Å². The van der Waals surface area contributed by atoms with E-state index in [2.05, 4.69) is 6.58 Å². The summed E-state index contributed by atoms with van der Waals surface area (Å²) in [7, 11) is 1.58. The molecule has 3 aliphatic rings. The van der Waals surface area contributed by atoms with Crippen LogP contribution in [-0.2, 0) is 23.9 Å². The fourth-order valence-electron chi connectivity index (χ4n) is 4.95. The van der Waals surface area contributed by atoms with Crippen LogP contribution in [-0.4, -0.2) is 66.2 Å². The minimum atomic E-state index is -0.598. The third-order valence-electron chi connectivity index (χ3n) is 6.71. The lowest BCUT2D eigenvalue weighted by atomic mass is 9.93. The van der Waals surface area contributed by atoms with Gasteiger partial charge in [0.05, 0.1) is 43.4 Å². The second kappa shape index (κ2) is 12.3. The van der Waals surface area contributed by atoms with Crippen molar-refractivity contribution in [1.29, 1.82) is 0 Å². The average molecular weight is 540 g/mol. The molecule has 1 amide bonds. The average Bonchev–Trinajstić information content (AvgIpc) is 3.32. The first-order chi connectivity index (χ1) is 18.4. The molecule has 0 bridgehead atoms. The molecule has 0 aromatic heterocycles. The normalized spacial score (nSPS) is 20.8. The van der Waals surface area contributed by atoms with E-state index in [1.54, 1.807) is 25.9 Å². The van der Waals surface area contributed by atoms with Crippen LogP contribution in [0.4, 0.5) is 0 Å². The molecule has 4 rings (SSSR count). The van der Waals surface area contributed by atoms with Crippen molar-refractivity contribution >= 4 is 34.8 Å². The number of fused-ring (bicyclic) bond motifs is 1. The van der Waals surface area contributed by atoms with Gasteiger partial charge in [-0.15, -0.1) is 0 Å². The Morgan fingerprint density at radius 3 is 2.76 bits per heavy atom. The summed E-state index contributed by atoms with van der Waals surface area (Å²) in [6.45, 7) is 8.51. The maximum Gasteiger partial charge on any atom is 0.338 e. The summed E-state index contributed by atoms with van der Waals surface area (Å²) in [5.41, 5.74) is 2.40. The molecule has 1 fully saturated rings. The number of nitrogens with zero attached hydrogens (tertiary/aromatic N) is 3. The number of hydrogen-bond acceptors (Lipinski definition) is 9. The van der Waals surface area contributed by atoms with Gasteiger partial charge in [-0.25, -0.2) is 9.79 Å². The lowest BCUT2D eigenvalue weighted by Gasteiger charge is -2.37. The smallest absolute Gasteiger partial charge is 0.338 e. The Kier molecular flexibility index (Phi) is 8.93. The minimum absolute atomic E-state index is 0.0668. The zero-order chi connectivity index (χ0) is 27.2. The fraction of sp³-hybridized carbons (Fsp3) is 0.429. The number of carbonyl (C=O) groups excluding carboxylic acids is 3. The van der Waals surface area contributed by atoms with E-state index in [0.717, 1.165) is 17.7 Å². The molecule has 0 unspecified atom stereocenters. The first-order valence-corrected chi connectivity index (χ1v) is 13.6. The van der Waals surface area contributed by atoms with Crippen molar-refractivity contribution in [3.05, 3.63) is 64.9 Å². The van der Waals surface area contributed by atoms with E-state index < -0.39 is 12.0 Å². The molecular weight excluding hydrogens is 506 g/mol. The number of para-hydroxylation sites is 1. The van der Waals surface area contributed by atoms with E-state index in [0.29, 0.717) is 48.3 Å². The number of rotatable bonds is 9. The molecule has 1 aromatic rings. The minimum Gasteiger partial charge on any atom is -0.496 e. The number of piperidine rings is 1. The maximum absolute atomic E-state index is 13.5. The van der Waals surface area contributed by atoms with Crippen LogP contribution in [0.3, 0.4) is 0 Å². The van der Waals surface area contributed by atoms with Crippen molar-refractivity contribution in [1.82, 2.24) is 9.80 Å². The van der Waals surface area contributed by atoms with E-state index in [9.17, 15) is 14.4 Å². The first-order valence-electron chi connectivity index (χ1n) is 12.7. The lowest BCUT2D eigenvalue weighted by molar-refractivity contribution is -0.151. The summed E-state index contributed by atoms with van der Waals surface area (Å²) < 4.78 is 16.3. The number of amides is 1. The van der Waals surface area contributed by atoms with Crippen molar-refractivity contribution < 1.29 is 28.6 Å². The zero-order valence-electron chi connectivity index (χ0n) is 22.0. The number of allylic oxidation sites excluding steroid dienone is 1. The van der Waals surface area contributed by atoms with Crippen LogP contribution in [0.5, 0.6) is 5.75 Å². The molecule has 9 nitrogen and oxygen atoms in total. The van der Waals surface area contributed by atoms with Gasteiger partial charge in [0.2, 0.25) is 5.91 Å². The van der Waals surface area contributed by atoms with Crippen LogP contribution in [0.1, 0.15) is 44.7 Å². The molecule has 10 heteroatoms. The number of hydrogen-bond donors (Lipinski definition) is 0. The summed E-state index contributed by atoms with van der Waals surface area (Å²) in [5, 5.41) is 2.57. The van der Waals surface area contributed by atoms with E-state index in [4.69, 9.17) is 19.2 Å². The highest BCUT2D eigenvalue weighted by Gasteiger charge is 2.42. The van der Waals surface area contributed by atoms with Crippen LogP contribution in [0.25, 0.3) is 0 Å². The lowest BCUT2D eigenvalue weighted by Crippen LogP contribution is -2.44. The van der Waals surface area contributed by atoms with Gasteiger partial charge in [0.15, 0.2) is 5.17 Å². The topological polar surface area (TPSA) is 97.7 Å². The van der Waals surface area contributed by atoms with Gasteiger partial charge in [0, 0.05) is 24.4 Å². The Morgan fingerprint density at radius 2 is 2.03 bits per heavy atom. The highest BCUT2D eigenvalue weighted by atomic mass is 32.2. The first kappa shape index (κ1) is 27.5. The number of ether oxygens (including phenoxy) is 3. The van der Waals surface area contributed by atoms with Crippen molar-refractivity contribution in [2.24, 2.45) is 10.9 Å². The molecule has 1 aromatic carbocycles. The summed E-state index contributed by atoms with van der Waals surface area (Å²) in [4.78, 5) is 47.4. The monoisotopic (exact) mass is 539 g/mol. The Balaban J connectivity index is 1.64. The van der Waals surface area contributed by atoms with E-state index in [-0.39, 0.29) is 30.8 Å². The van der Waals surface area contributed by atoms with Crippen LogP contribution in [0.2, 0.25) is 0 Å². The van der Waals surface area contributed by atoms with Gasteiger partial charge in [-0.3, -0.25) is 9.59 Å². The Labute approximate surface area is 227 Å². The Bertz CT molecular complexity index is 1210. The molecule has 0 saturated carbocycles. The fourth-order valence-corrected chi connectivity index (χ4v) is 5.92. The van der Waals surface area contributed by atoms with Gasteiger partial charge >= 0.3 is 11.9 Å². The number of esters is 2. The van der Waals surface area contributed by atoms with Gasteiger partial charge < -0.3 is 24.0 Å². The predicted molar refractivity (Wildman–Crippen MR) is 145 cm³/mol. The number of methoxy groups -OCH3 is 1. The van der Waals surface area contributed by atoms with Gasteiger partial charge in [-0.2, -0.15) is 0 Å². The number of aliphatic imine (C=N–C) groups is 1. The molecule has 1 saturated heterocycles. The third-order valence-corrected chi connectivity index (χ3v) is 7.60. The highest BCUT2D eigenvalue weighted by molar-refractivity contribution is 8.16. The number of amidine groups is 1. The Hall–Kier alpha value is -3.53. The number of thioether (sulfide) groups is 1. The van der Waals surface area contributed by atoms with Gasteiger partial charge in [-0.1, -0.05) is 42.6 Å². The largest absolute Gasteiger partial charge is 0.496 e. The molecule has 0 N–H and O–H groups in total. The molecule has 0 spiro atoms. The van der Waals surface area contributed by atoms with Crippen LogP contribution >= 0.6 is 11.8 Å². The summed E-state index contributed by atoms with van der Waals surface area (Å²) in [6.07, 6.45) is 3.06. The predicted octanol–water partition coefficient (Wildman–Crippen LogP) is 4.19. The molecule has 202 valence electrons. The molecule has 3 heterocycles. The van der Waals surface area contributed by atoms with Crippen molar-refractivity contribution in [2.75, 3.05) is 33.4 Å². The van der Waals surface area contributed by atoms with Gasteiger partial charge in [0.25, 0.3) is 0 Å². The van der Waals surface area contributed by atoms with E-state index >= 15 is 0 Å². The zero-order valence-corrected chi connectivity index (χ0v) is 22.8. The molecule has 0 aliphatic carbocycles.